The van der Waals surface area contributed by atoms with Crippen LogP contribution in [0.4, 0.5) is 0 Å². The van der Waals surface area contributed by atoms with Gasteiger partial charge in [0, 0.05) is 25.5 Å². The second-order valence-corrected chi connectivity index (χ2v) is 5.37. The first-order valence-electron chi connectivity index (χ1n) is 6.77. The van der Waals surface area contributed by atoms with Crippen molar-refractivity contribution < 1.29 is 0 Å². The molecule has 0 aliphatic carbocycles. The third-order valence-corrected chi connectivity index (χ3v) is 3.28. The standard InChI is InChI=1S/C14H23N5/c1-11(2)8-15-9-13-6-5-7-19(13)10-14-17-16-12(3)18(14)4/h5-7,11,15H,8-10H2,1-4H3. The molecule has 2 aromatic rings. The van der Waals surface area contributed by atoms with Gasteiger partial charge in [0.2, 0.25) is 0 Å². The quantitative estimate of drug-likeness (QED) is 0.861. The van der Waals surface area contributed by atoms with Crippen molar-refractivity contribution in [3.05, 3.63) is 35.7 Å². The van der Waals surface area contributed by atoms with Crippen molar-refractivity contribution in [2.45, 2.75) is 33.9 Å². The van der Waals surface area contributed by atoms with E-state index in [1.165, 1.54) is 5.69 Å². The molecule has 1 N–H and O–H groups in total. The molecule has 0 saturated carbocycles. The van der Waals surface area contributed by atoms with Gasteiger partial charge in [-0.1, -0.05) is 13.8 Å². The zero-order chi connectivity index (χ0) is 13.8. The van der Waals surface area contributed by atoms with E-state index in [1.54, 1.807) is 0 Å². The first kappa shape index (κ1) is 13.8. The summed E-state index contributed by atoms with van der Waals surface area (Å²) in [4.78, 5) is 0. The minimum atomic E-state index is 0.671. The van der Waals surface area contributed by atoms with Gasteiger partial charge in [0.05, 0.1) is 6.54 Å². The molecule has 104 valence electrons. The molecule has 2 aromatic heterocycles. The fourth-order valence-electron chi connectivity index (χ4n) is 1.99. The zero-order valence-corrected chi connectivity index (χ0v) is 12.2. The van der Waals surface area contributed by atoms with Crippen LogP contribution in [0.3, 0.4) is 0 Å². The fourth-order valence-corrected chi connectivity index (χ4v) is 1.99. The molecule has 5 heteroatoms. The first-order valence-corrected chi connectivity index (χ1v) is 6.77. The maximum atomic E-state index is 4.21. The number of nitrogens with one attached hydrogen (secondary N) is 1. The molecule has 0 unspecified atom stereocenters. The molecule has 0 aliphatic heterocycles. The predicted molar refractivity (Wildman–Crippen MR) is 75.8 cm³/mol. The van der Waals surface area contributed by atoms with Gasteiger partial charge < -0.3 is 14.5 Å². The van der Waals surface area contributed by atoms with Crippen molar-refractivity contribution in [2.24, 2.45) is 13.0 Å². The van der Waals surface area contributed by atoms with Crippen molar-refractivity contribution in [1.29, 1.82) is 0 Å². The summed E-state index contributed by atoms with van der Waals surface area (Å²) in [5.74, 6) is 2.60. The van der Waals surface area contributed by atoms with Crippen LogP contribution in [0, 0.1) is 12.8 Å². The monoisotopic (exact) mass is 261 g/mol. The van der Waals surface area contributed by atoms with Crippen molar-refractivity contribution in [2.75, 3.05) is 6.54 Å². The predicted octanol–water partition coefficient (Wildman–Crippen LogP) is 1.72. The third kappa shape index (κ3) is 3.44. The van der Waals surface area contributed by atoms with Crippen LogP contribution < -0.4 is 5.32 Å². The highest BCUT2D eigenvalue weighted by Gasteiger charge is 2.08. The maximum Gasteiger partial charge on any atom is 0.152 e. The second kappa shape index (κ2) is 6.02. The molecule has 0 atom stereocenters. The molecule has 0 spiro atoms. The highest BCUT2D eigenvalue weighted by Crippen LogP contribution is 2.07. The molecule has 0 bridgehead atoms. The Balaban J connectivity index is 2.01. The van der Waals surface area contributed by atoms with Gasteiger partial charge in [-0.2, -0.15) is 0 Å². The van der Waals surface area contributed by atoms with Gasteiger partial charge in [0.1, 0.15) is 5.82 Å². The first-order chi connectivity index (χ1) is 9.08. The lowest BCUT2D eigenvalue weighted by Crippen LogP contribution is -2.21. The third-order valence-electron chi connectivity index (χ3n) is 3.28. The molecule has 2 heterocycles. The summed E-state index contributed by atoms with van der Waals surface area (Å²) >= 11 is 0. The van der Waals surface area contributed by atoms with Crippen LogP contribution >= 0.6 is 0 Å². The van der Waals surface area contributed by atoms with Crippen molar-refractivity contribution >= 4 is 0 Å². The Hall–Kier alpha value is -1.62. The minimum absolute atomic E-state index is 0.671. The number of hydrogen-bond acceptors (Lipinski definition) is 3. The Bertz CT molecular complexity index is 524. The molecular formula is C14H23N5. The average molecular weight is 261 g/mol. The summed E-state index contributed by atoms with van der Waals surface area (Å²) in [6, 6.07) is 4.23. The lowest BCUT2D eigenvalue weighted by Gasteiger charge is -2.11. The Kier molecular flexibility index (Phi) is 4.37. The van der Waals surface area contributed by atoms with Gasteiger partial charge in [-0.25, -0.2) is 0 Å². The van der Waals surface area contributed by atoms with Crippen LogP contribution in [0.2, 0.25) is 0 Å². The Labute approximate surface area is 114 Å². The van der Waals surface area contributed by atoms with E-state index in [4.69, 9.17) is 0 Å². The lowest BCUT2D eigenvalue weighted by atomic mass is 10.2. The van der Waals surface area contributed by atoms with Gasteiger partial charge in [-0.15, -0.1) is 10.2 Å². The van der Waals surface area contributed by atoms with Gasteiger partial charge in [0.15, 0.2) is 5.82 Å². The van der Waals surface area contributed by atoms with Crippen LogP contribution in [-0.4, -0.2) is 25.9 Å². The van der Waals surface area contributed by atoms with Crippen LogP contribution in [0.25, 0.3) is 0 Å². The van der Waals surface area contributed by atoms with E-state index >= 15 is 0 Å². The molecular weight excluding hydrogens is 238 g/mol. The normalized spacial score (nSPS) is 11.4. The summed E-state index contributed by atoms with van der Waals surface area (Å²) in [6.07, 6.45) is 2.09. The number of aromatic nitrogens is 4. The highest BCUT2D eigenvalue weighted by atomic mass is 15.3. The van der Waals surface area contributed by atoms with E-state index in [0.29, 0.717) is 5.92 Å². The average Bonchev–Trinajstić information content (AvgIpc) is 2.91. The summed E-state index contributed by atoms with van der Waals surface area (Å²) < 4.78 is 4.25. The molecule has 0 aromatic carbocycles. The Morgan fingerprint density at radius 3 is 2.74 bits per heavy atom. The van der Waals surface area contributed by atoms with Gasteiger partial charge in [-0.3, -0.25) is 0 Å². The van der Waals surface area contributed by atoms with Crippen molar-refractivity contribution in [3.8, 4) is 0 Å². The molecule has 0 fully saturated rings. The molecule has 0 saturated heterocycles. The van der Waals surface area contributed by atoms with Gasteiger partial charge in [0.25, 0.3) is 0 Å². The molecule has 2 rings (SSSR count). The number of aryl methyl sites for hydroxylation is 1. The van der Waals surface area contributed by atoms with E-state index in [-0.39, 0.29) is 0 Å². The van der Waals surface area contributed by atoms with Crippen molar-refractivity contribution in [1.82, 2.24) is 24.6 Å². The highest BCUT2D eigenvalue weighted by molar-refractivity contribution is 5.09. The largest absolute Gasteiger partial charge is 0.343 e. The van der Waals surface area contributed by atoms with E-state index in [2.05, 4.69) is 52.3 Å². The summed E-state index contributed by atoms with van der Waals surface area (Å²) in [5.41, 5.74) is 1.28. The van der Waals surface area contributed by atoms with Crippen LogP contribution in [0.5, 0.6) is 0 Å². The number of hydrogen-bond donors (Lipinski definition) is 1. The van der Waals surface area contributed by atoms with Crippen LogP contribution in [0.15, 0.2) is 18.3 Å². The second-order valence-electron chi connectivity index (χ2n) is 5.37. The Morgan fingerprint density at radius 2 is 2.11 bits per heavy atom. The molecule has 5 nitrogen and oxygen atoms in total. The molecule has 19 heavy (non-hydrogen) atoms. The van der Waals surface area contributed by atoms with Crippen molar-refractivity contribution in [3.63, 3.8) is 0 Å². The SMILES string of the molecule is Cc1nnc(Cn2cccc2CNCC(C)C)n1C. The van der Waals surface area contributed by atoms with E-state index in [0.717, 1.165) is 31.3 Å². The number of nitrogens with zero attached hydrogens (tertiary/aromatic N) is 4. The van der Waals surface area contributed by atoms with E-state index in [1.807, 2.05) is 18.5 Å². The van der Waals surface area contributed by atoms with Crippen LogP contribution in [0.1, 0.15) is 31.2 Å². The zero-order valence-electron chi connectivity index (χ0n) is 12.2. The smallest absolute Gasteiger partial charge is 0.152 e. The molecule has 0 aliphatic rings. The summed E-state index contributed by atoms with van der Waals surface area (Å²) in [7, 11) is 2.00. The van der Waals surface area contributed by atoms with E-state index < -0.39 is 0 Å². The number of rotatable bonds is 6. The molecule has 0 radical (unpaired) electrons. The summed E-state index contributed by atoms with van der Waals surface area (Å²) in [5, 5.41) is 11.8. The molecule has 0 amide bonds. The van der Waals surface area contributed by atoms with Gasteiger partial charge in [-0.05, 0) is 31.5 Å². The topological polar surface area (TPSA) is 47.7 Å². The van der Waals surface area contributed by atoms with E-state index in [9.17, 15) is 0 Å². The minimum Gasteiger partial charge on any atom is -0.343 e. The fraction of sp³-hybridized carbons (Fsp3) is 0.571. The maximum absolute atomic E-state index is 4.21. The lowest BCUT2D eigenvalue weighted by molar-refractivity contribution is 0.536. The Morgan fingerprint density at radius 1 is 1.32 bits per heavy atom. The van der Waals surface area contributed by atoms with Gasteiger partial charge >= 0.3 is 0 Å². The van der Waals surface area contributed by atoms with Crippen LogP contribution in [-0.2, 0) is 20.1 Å². The summed E-state index contributed by atoms with van der Waals surface area (Å²) in [6.45, 7) is 9.10.